The van der Waals surface area contributed by atoms with Crippen molar-refractivity contribution in [2.75, 3.05) is 11.9 Å². The number of hydrogen-bond donors (Lipinski definition) is 6. The van der Waals surface area contributed by atoms with Crippen LogP contribution < -0.4 is 11.1 Å². The van der Waals surface area contributed by atoms with Gasteiger partial charge in [-0.2, -0.15) is 0 Å². The molecular formula is C28H42N2O7. The number of carbonyl (C=O) groups is 2. The van der Waals surface area contributed by atoms with Gasteiger partial charge in [0, 0.05) is 35.8 Å². The van der Waals surface area contributed by atoms with Crippen molar-refractivity contribution in [1.29, 1.82) is 0 Å². The lowest BCUT2D eigenvalue weighted by Gasteiger charge is -2.30. The van der Waals surface area contributed by atoms with Crippen molar-refractivity contribution >= 4 is 17.7 Å². The number of aliphatic hydroxyl groups is 3. The second-order valence-corrected chi connectivity index (χ2v) is 10.4. The fourth-order valence-corrected chi connectivity index (χ4v) is 4.99. The number of benzene rings is 1. The lowest BCUT2D eigenvalue weighted by Crippen LogP contribution is -2.33. The predicted molar refractivity (Wildman–Crippen MR) is 142 cm³/mol. The van der Waals surface area contributed by atoms with Crippen LogP contribution in [-0.2, 0) is 9.53 Å². The van der Waals surface area contributed by atoms with Crippen LogP contribution in [-0.4, -0.2) is 51.2 Å². The number of carbonyl (C=O) groups excluding carboxylic acids is 2. The zero-order chi connectivity index (χ0) is 27.9. The van der Waals surface area contributed by atoms with E-state index in [0.29, 0.717) is 36.1 Å². The van der Waals surface area contributed by atoms with Crippen molar-refractivity contribution in [3.05, 3.63) is 47.1 Å². The Labute approximate surface area is 219 Å². The van der Waals surface area contributed by atoms with Crippen LogP contribution in [0.3, 0.4) is 0 Å². The van der Waals surface area contributed by atoms with Gasteiger partial charge in [0.1, 0.15) is 11.9 Å². The third-order valence-corrected chi connectivity index (χ3v) is 7.17. The Morgan fingerprint density at radius 3 is 2.43 bits per heavy atom. The number of phenols is 1. The number of fused-ring (bicyclic) bond motifs is 2. The van der Waals surface area contributed by atoms with Crippen LogP contribution >= 0.6 is 0 Å². The van der Waals surface area contributed by atoms with Crippen molar-refractivity contribution in [3.8, 4) is 5.75 Å². The molecule has 1 aromatic rings. The summed E-state index contributed by atoms with van der Waals surface area (Å²) in [7, 11) is 0. The second kappa shape index (κ2) is 13.6. The van der Waals surface area contributed by atoms with E-state index in [1.807, 2.05) is 26.8 Å². The fourth-order valence-electron chi connectivity index (χ4n) is 4.99. The Morgan fingerprint density at radius 1 is 1.14 bits per heavy atom. The topological polar surface area (TPSA) is 162 Å². The summed E-state index contributed by atoms with van der Waals surface area (Å²) in [5.41, 5.74) is 7.29. The molecule has 1 aliphatic rings. The Kier molecular flexibility index (Phi) is 11.2. The van der Waals surface area contributed by atoms with Crippen LogP contribution in [0.25, 0.3) is 0 Å². The third kappa shape index (κ3) is 8.59. The molecule has 1 heterocycles. The molecule has 2 bridgehead atoms. The zero-order valence-electron chi connectivity index (χ0n) is 22.3. The molecule has 0 unspecified atom stereocenters. The van der Waals surface area contributed by atoms with Gasteiger partial charge in [-0.1, -0.05) is 32.9 Å². The summed E-state index contributed by atoms with van der Waals surface area (Å²) in [6.45, 7) is 8.73. The number of nitrogens with one attached hydrogen (secondary N) is 1. The highest BCUT2D eigenvalue weighted by molar-refractivity contribution is 6.03. The van der Waals surface area contributed by atoms with Gasteiger partial charge in [-0.25, -0.2) is 4.79 Å². The average Bonchev–Trinajstić information content (AvgIpc) is 2.83. The number of amides is 2. The van der Waals surface area contributed by atoms with E-state index in [1.54, 1.807) is 26.0 Å². The van der Waals surface area contributed by atoms with Crippen LogP contribution in [0.5, 0.6) is 5.75 Å². The highest BCUT2D eigenvalue weighted by Crippen LogP contribution is 2.34. The number of nitrogens with two attached hydrogens (primary N) is 1. The van der Waals surface area contributed by atoms with Gasteiger partial charge >= 0.3 is 6.09 Å². The molecular weight excluding hydrogens is 476 g/mol. The normalized spacial score (nSPS) is 30.6. The minimum Gasteiger partial charge on any atom is -0.508 e. The van der Waals surface area contributed by atoms with Crippen molar-refractivity contribution in [2.24, 2.45) is 29.4 Å². The third-order valence-electron chi connectivity index (χ3n) is 7.17. The van der Waals surface area contributed by atoms with E-state index in [-0.39, 0.29) is 36.0 Å². The number of rotatable bonds is 2. The highest BCUT2D eigenvalue weighted by Gasteiger charge is 2.30. The molecule has 0 aromatic heterocycles. The molecule has 0 radical (unpaired) electrons. The van der Waals surface area contributed by atoms with Gasteiger partial charge in [0.05, 0.1) is 12.2 Å². The van der Waals surface area contributed by atoms with E-state index in [4.69, 9.17) is 10.5 Å². The van der Waals surface area contributed by atoms with Crippen LogP contribution in [0.2, 0.25) is 0 Å². The molecule has 0 spiro atoms. The molecule has 7 N–H and O–H groups in total. The monoisotopic (exact) mass is 518 g/mol. The van der Waals surface area contributed by atoms with Crippen LogP contribution in [0.15, 0.2) is 41.5 Å². The number of anilines is 1. The molecule has 9 heteroatoms. The van der Waals surface area contributed by atoms with E-state index < -0.39 is 30.3 Å². The van der Waals surface area contributed by atoms with Crippen LogP contribution in [0.4, 0.5) is 10.5 Å². The molecule has 0 aliphatic carbocycles. The maximum Gasteiger partial charge on any atom is 0.405 e. The van der Waals surface area contributed by atoms with E-state index in [1.165, 1.54) is 12.1 Å². The SMILES string of the molecule is CC1=CCC[C@H](C)[C@@H](OC(N)=O)C(C)=C[C@H](C)[C@@H](O)[C@@H](CO)C[C@H](C)[C@@H](O)c2cc(O)cc(c2)NC1=O. The van der Waals surface area contributed by atoms with Gasteiger partial charge in [0.15, 0.2) is 0 Å². The molecule has 2 amide bonds. The summed E-state index contributed by atoms with van der Waals surface area (Å²) in [5.74, 6) is -1.88. The number of hydrogen-bond acceptors (Lipinski definition) is 7. The van der Waals surface area contributed by atoms with Crippen molar-refractivity contribution in [2.45, 2.75) is 72.2 Å². The van der Waals surface area contributed by atoms with Gasteiger partial charge in [-0.05, 0) is 68.2 Å². The lowest BCUT2D eigenvalue weighted by molar-refractivity contribution is -0.112. The molecule has 1 aliphatic heterocycles. The lowest BCUT2D eigenvalue weighted by atomic mass is 9.81. The van der Waals surface area contributed by atoms with Crippen molar-refractivity contribution in [3.63, 3.8) is 0 Å². The van der Waals surface area contributed by atoms with E-state index in [0.717, 1.165) is 5.57 Å². The first kappa shape index (κ1) is 30.3. The van der Waals surface area contributed by atoms with Crippen LogP contribution in [0, 0.1) is 23.7 Å². The summed E-state index contributed by atoms with van der Waals surface area (Å²) < 4.78 is 5.41. The first-order valence-electron chi connectivity index (χ1n) is 12.8. The molecule has 0 fully saturated rings. The van der Waals surface area contributed by atoms with Crippen molar-refractivity contribution in [1.82, 2.24) is 0 Å². The van der Waals surface area contributed by atoms with Gasteiger partial charge in [0.2, 0.25) is 0 Å². The van der Waals surface area contributed by atoms with E-state index in [2.05, 4.69) is 5.32 Å². The second-order valence-electron chi connectivity index (χ2n) is 10.4. The van der Waals surface area contributed by atoms with Gasteiger partial charge in [0.25, 0.3) is 5.91 Å². The maximum absolute atomic E-state index is 12.7. The number of allylic oxidation sites excluding steroid dienone is 1. The predicted octanol–water partition coefficient (Wildman–Crippen LogP) is 3.78. The minimum absolute atomic E-state index is 0.103. The maximum atomic E-state index is 12.7. The molecule has 2 rings (SSSR count). The average molecular weight is 519 g/mol. The Balaban J connectivity index is 2.48. The summed E-state index contributed by atoms with van der Waals surface area (Å²) in [5, 5.41) is 45.1. The van der Waals surface area contributed by atoms with Gasteiger partial charge in [-0.3, -0.25) is 4.79 Å². The highest BCUT2D eigenvalue weighted by atomic mass is 16.6. The summed E-state index contributed by atoms with van der Waals surface area (Å²) >= 11 is 0. The first-order valence-corrected chi connectivity index (χ1v) is 12.8. The first-order chi connectivity index (χ1) is 17.3. The molecule has 9 nitrogen and oxygen atoms in total. The number of aliphatic hydroxyl groups excluding tert-OH is 3. The standard InChI is InChI=1S/C28H42N2O7/c1-15-7-6-8-16(2)27(35)30-22-11-20(12-23(32)13-22)24(33)18(4)10-21(14-31)25(34)17(3)9-19(5)26(15)37-28(29)36/h8-9,11-13,15,17-18,21,24-26,31-34H,6-7,10,14H2,1-5H3,(H2,29,36)(H,30,35)/t15-,17-,18-,21+,24+,25+,26+/m0/s1. The molecule has 0 saturated heterocycles. The molecule has 206 valence electrons. The number of ether oxygens (including phenoxy) is 1. The Morgan fingerprint density at radius 2 is 1.81 bits per heavy atom. The van der Waals surface area contributed by atoms with Crippen molar-refractivity contribution < 1.29 is 34.8 Å². The quantitative estimate of drug-likeness (QED) is 0.325. The molecule has 37 heavy (non-hydrogen) atoms. The van der Waals surface area contributed by atoms with E-state index in [9.17, 15) is 30.0 Å². The number of primary amides is 1. The fraction of sp³-hybridized carbons (Fsp3) is 0.571. The number of phenolic OH excluding ortho intramolecular Hbond substituents is 1. The Hall–Kier alpha value is -2.88. The van der Waals surface area contributed by atoms with Crippen LogP contribution in [0.1, 0.15) is 65.5 Å². The zero-order valence-corrected chi connectivity index (χ0v) is 22.3. The molecule has 1 aromatic carbocycles. The summed E-state index contributed by atoms with van der Waals surface area (Å²) in [4.78, 5) is 24.3. The Bertz CT molecular complexity index is 1010. The van der Waals surface area contributed by atoms with Gasteiger partial charge < -0.3 is 36.2 Å². The summed E-state index contributed by atoms with van der Waals surface area (Å²) in [6.07, 6.45) is 1.60. The number of aromatic hydroxyl groups is 1. The smallest absolute Gasteiger partial charge is 0.405 e. The molecule has 0 saturated carbocycles. The van der Waals surface area contributed by atoms with E-state index >= 15 is 0 Å². The summed E-state index contributed by atoms with van der Waals surface area (Å²) in [6, 6.07) is 4.44. The van der Waals surface area contributed by atoms with Gasteiger partial charge in [-0.15, -0.1) is 0 Å². The minimum atomic E-state index is -1.01. The largest absolute Gasteiger partial charge is 0.508 e. The molecule has 7 atom stereocenters.